The smallest absolute Gasteiger partial charge is 0.293 e. The highest BCUT2D eigenvalue weighted by Gasteiger charge is 2.16. The van der Waals surface area contributed by atoms with Gasteiger partial charge in [0.25, 0.3) is 5.69 Å². The van der Waals surface area contributed by atoms with E-state index in [0.717, 1.165) is 0 Å². The molecule has 0 aliphatic carbocycles. The summed E-state index contributed by atoms with van der Waals surface area (Å²) in [7, 11) is 0. The fraction of sp³-hybridized carbons (Fsp3) is 0.417. The summed E-state index contributed by atoms with van der Waals surface area (Å²) in [5.41, 5.74) is 0.142. The van der Waals surface area contributed by atoms with Gasteiger partial charge in [-0.2, -0.15) is 0 Å². The number of hydrogen-bond donors (Lipinski definition) is 2. The van der Waals surface area contributed by atoms with E-state index in [9.17, 15) is 14.9 Å². The van der Waals surface area contributed by atoms with E-state index < -0.39 is 4.92 Å². The van der Waals surface area contributed by atoms with E-state index in [-0.39, 0.29) is 41.3 Å². The van der Waals surface area contributed by atoms with Crippen LogP contribution >= 0.6 is 11.6 Å². The summed E-state index contributed by atoms with van der Waals surface area (Å²) in [4.78, 5) is 21.8. The van der Waals surface area contributed by atoms with Crippen molar-refractivity contribution in [3.05, 3.63) is 33.3 Å². The predicted octanol–water partition coefficient (Wildman–Crippen LogP) is 2.57. The maximum absolute atomic E-state index is 11.4. The lowest BCUT2D eigenvalue weighted by Crippen LogP contribution is -2.31. The molecular formula is C12H16ClN3O3. The normalized spacial score (nSPS) is 10.3. The molecule has 6 nitrogen and oxygen atoms in total. The largest absolute Gasteiger partial charge is 0.378 e. The molecule has 0 atom stereocenters. The van der Waals surface area contributed by atoms with Gasteiger partial charge in [-0.3, -0.25) is 14.9 Å². The van der Waals surface area contributed by atoms with Crippen LogP contribution in [0, 0.1) is 10.1 Å². The number of nitrogens with one attached hydrogen (secondary N) is 2. The minimum atomic E-state index is -0.512. The van der Waals surface area contributed by atoms with Gasteiger partial charge in [0, 0.05) is 25.1 Å². The molecule has 0 aliphatic heterocycles. The molecule has 1 aromatic rings. The highest BCUT2D eigenvalue weighted by atomic mass is 35.5. The average Bonchev–Trinajstić information content (AvgIpc) is 2.29. The van der Waals surface area contributed by atoms with Gasteiger partial charge in [-0.25, -0.2) is 0 Å². The van der Waals surface area contributed by atoms with Crippen molar-refractivity contribution in [1.29, 1.82) is 0 Å². The van der Waals surface area contributed by atoms with Gasteiger partial charge >= 0.3 is 0 Å². The SMILES string of the molecule is CC(C)NC(=O)CCNc1c(Cl)cccc1[N+](=O)[O-]. The minimum Gasteiger partial charge on any atom is -0.378 e. The van der Waals surface area contributed by atoms with Crippen LogP contribution in [0.2, 0.25) is 5.02 Å². The van der Waals surface area contributed by atoms with Gasteiger partial charge in [0.05, 0.1) is 9.95 Å². The number of carbonyl (C=O) groups is 1. The van der Waals surface area contributed by atoms with Gasteiger partial charge in [0.1, 0.15) is 5.69 Å². The van der Waals surface area contributed by atoms with Gasteiger partial charge in [0.2, 0.25) is 5.91 Å². The van der Waals surface area contributed by atoms with E-state index in [0.29, 0.717) is 0 Å². The molecule has 0 fully saturated rings. The molecule has 19 heavy (non-hydrogen) atoms. The molecule has 1 rings (SSSR count). The Morgan fingerprint density at radius 1 is 1.47 bits per heavy atom. The monoisotopic (exact) mass is 285 g/mol. The molecule has 0 saturated heterocycles. The zero-order valence-corrected chi connectivity index (χ0v) is 11.5. The zero-order valence-electron chi connectivity index (χ0n) is 10.8. The van der Waals surface area contributed by atoms with Crippen LogP contribution in [-0.2, 0) is 4.79 Å². The van der Waals surface area contributed by atoms with Crippen LogP contribution in [0.1, 0.15) is 20.3 Å². The van der Waals surface area contributed by atoms with E-state index in [1.54, 1.807) is 6.07 Å². The van der Waals surface area contributed by atoms with Crippen LogP contribution < -0.4 is 10.6 Å². The first kappa shape index (κ1) is 15.2. The summed E-state index contributed by atoms with van der Waals surface area (Å²) in [6, 6.07) is 4.51. The third-order valence-electron chi connectivity index (χ3n) is 2.29. The van der Waals surface area contributed by atoms with Gasteiger partial charge < -0.3 is 10.6 Å². The summed E-state index contributed by atoms with van der Waals surface area (Å²) in [6.45, 7) is 4.01. The van der Waals surface area contributed by atoms with Gasteiger partial charge in [-0.1, -0.05) is 17.7 Å². The highest BCUT2D eigenvalue weighted by molar-refractivity contribution is 6.33. The molecule has 0 heterocycles. The molecule has 0 aromatic heterocycles. The summed E-state index contributed by atoms with van der Waals surface area (Å²) >= 11 is 5.91. The van der Waals surface area contributed by atoms with E-state index in [1.807, 2.05) is 13.8 Å². The van der Waals surface area contributed by atoms with Crippen molar-refractivity contribution in [2.24, 2.45) is 0 Å². The number of rotatable bonds is 6. The average molecular weight is 286 g/mol. The lowest BCUT2D eigenvalue weighted by molar-refractivity contribution is -0.383. The fourth-order valence-corrected chi connectivity index (χ4v) is 1.77. The summed E-state index contributed by atoms with van der Waals surface area (Å²) in [6.07, 6.45) is 0.223. The van der Waals surface area contributed by atoms with Crippen molar-refractivity contribution in [3.8, 4) is 0 Å². The van der Waals surface area contributed by atoms with Gasteiger partial charge in [-0.15, -0.1) is 0 Å². The fourth-order valence-electron chi connectivity index (χ4n) is 1.54. The summed E-state index contributed by atoms with van der Waals surface area (Å²) in [5.74, 6) is -0.114. The Hall–Kier alpha value is -1.82. The molecule has 104 valence electrons. The van der Waals surface area contributed by atoms with Gasteiger partial charge in [-0.05, 0) is 19.9 Å². The van der Waals surface area contributed by atoms with Crippen molar-refractivity contribution in [3.63, 3.8) is 0 Å². The second-order valence-electron chi connectivity index (χ2n) is 4.29. The number of carbonyl (C=O) groups excluding carboxylic acids is 1. The van der Waals surface area contributed by atoms with Crippen molar-refractivity contribution in [1.82, 2.24) is 5.32 Å². The topological polar surface area (TPSA) is 84.3 Å². The minimum absolute atomic E-state index is 0.0714. The van der Waals surface area contributed by atoms with E-state index in [1.165, 1.54) is 12.1 Å². The van der Waals surface area contributed by atoms with Crippen LogP contribution in [0.4, 0.5) is 11.4 Å². The van der Waals surface area contributed by atoms with Crippen LogP contribution in [0.5, 0.6) is 0 Å². The first-order valence-electron chi connectivity index (χ1n) is 5.88. The number of nitro benzene ring substituents is 1. The molecule has 1 amide bonds. The second kappa shape index (κ2) is 6.94. The Balaban J connectivity index is 2.63. The Kier molecular flexibility index (Phi) is 5.57. The van der Waals surface area contributed by atoms with Crippen LogP contribution in [-0.4, -0.2) is 23.4 Å². The highest BCUT2D eigenvalue weighted by Crippen LogP contribution is 2.31. The molecule has 0 saturated carbocycles. The van der Waals surface area contributed by atoms with E-state index in [4.69, 9.17) is 11.6 Å². The van der Waals surface area contributed by atoms with Crippen LogP contribution in [0.15, 0.2) is 18.2 Å². The number of benzene rings is 1. The first-order chi connectivity index (χ1) is 8.91. The summed E-state index contributed by atoms with van der Waals surface area (Å²) in [5, 5.41) is 16.7. The Labute approximate surface area is 116 Å². The predicted molar refractivity (Wildman–Crippen MR) is 74.5 cm³/mol. The second-order valence-corrected chi connectivity index (χ2v) is 4.70. The molecular weight excluding hydrogens is 270 g/mol. The lowest BCUT2D eigenvalue weighted by atomic mass is 10.2. The Bertz CT molecular complexity index is 477. The molecule has 1 aromatic carbocycles. The van der Waals surface area contributed by atoms with Crippen LogP contribution in [0.25, 0.3) is 0 Å². The zero-order chi connectivity index (χ0) is 14.4. The molecule has 0 spiro atoms. The quantitative estimate of drug-likeness (QED) is 0.621. The number of amides is 1. The van der Waals surface area contributed by atoms with Crippen LogP contribution in [0.3, 0.4) is 0 Å². The van der Waals surface area contributed by atoms with Crippen molar-refractivity contribution in [2.45, 2.75) is 26.3 Å². The van der Waals surface area contributed by atoms with Crippen molar-refractivity contribution < 1.29 is 9.72 Å². The third kappa shape index (κ3) is 4.75. The molecule has 0 bridgehead atoms. The maximum atomic E-state index is 11.4. The number of para-hydroxylation sites is 1. The number of halogens is 1. The van der Waals surface area contributed by atoms with Gasteiger partial charge in [0.15, 0.2) is 0 Å². The lowest BCUT2D eigenvalue weighted by Gasteiger charge is -2.10. The Morgan fingerprint density at radius 2 is 2.16 bits per heavy atom. The number of hydrogen-bond acceptors (Lipinski definition) is 4. The first-order valence-corrected chi connectivity index (χ1v) is 6.25. The van der Waals surface area contributed by atoms with E-state index in [2.05, 4.69) is 10.6 Å². The molecule has 0 radical (unpaired) electrons. The molecule has 0 unspecified atom stereocenters. The number of nitro groups is 1. The maximum Gasteiger partial charge on any atom is 0.293 e. The van der Waals surface area contributed by atoms with E-state index >= 15 is 0 Å². The molecule has 2 N–H and O–H groups in total. The third-order valence-corrected chi connectivity index (χ3v) is 2.61. The molecule has 0 aliphatic rings. The standard InChI is InChI=1S/C12H16ClN3O3/c1-8(2)15-11(17)6-7-14-12-9(13)4-3-5-10(12)16(18)19/h3-5,8,14H,6-7H2,1-2H3,(H,15,17). The number of anilines is 1. The summed E-state index contributed by atoms with van der Waals surface area (Å²) < 4.78 is 0. The molecule has 7 heteroatoms. The Morgan fingerprint density at radius 3 is 2.74 bits per heavy atom. The number of nitrogens with zero attached hydrogens (tertiary/aromatic N) is 1. The van der Waals surface area contributed by atoms with Crippen molar-refractivity contribution >= 4 is 28.9 Å². The van der Waals surface area contributed by atoms with Crippen molar-refractivity contribution in [2.75, 3.05) is 11.9 Å².